The minimum atomic E-state index is -0.687. The van der Waals surface area contributed by atoms with Gasteiger partial charge in [0, 0.05) is 22.2 Å². The summed E-state index contributed by atoms with van der Waals surface area (Å²) >= 11 is 13.6. The van der Waals surface area contributed by atoms with E-state index in [-0.39, 0.29) is 17.9 Å². The fourth-order valence-corrected chi connectivity index (χ4v) is 4.96. The Labute approximate surface area is 156 Å². The Hall–Kier alpha value is -0.910. The number of nitrogens with one attached hydrogen (secondary N) is 1. The maximum absolute atomic E-state index is 12.9. The maximum atomic E-state index is 12.9. The Morgan fingerprint density at radius 3 is 2.88 bits per heavy atom. The number of carbonyl (C=O) groups is 2. The molecule has 7 heteroatoms. The lowest BCUT2D eigenvalue weighted by Crippen LogP contribution is -2.54. The van der Waals surface area contributed by atoms with E-state index in [2.05, 4.69) is 12.2 Å². The number of hydrogen-bond acceptors (Lipinski definition) is 3. The highest BCUT2D eigenvalue weighted by atomic mass is 35.5. The summed E-state index contributed by atoms with van der Waals surface area (Å²) in [5.74, 6) is 0.698. The van der Waals surface area contributed by atoms with Crippen LogP contribution in [-0.4, -0.2) is 34.7 Å². The number of urea groups is 1. The zero-order valence-electron chi connectivity index (χ0n) is 13.5. The molecule has 2 fully saturated rings. The molecule has 3 rings (SSSR count). The third-order valence-corrected chi connectivity index (χ3v) is 6.68. The highest BCUT2D eigenvalue weighted by molar-refractivity contribution is 7.99. The molecule has 1 spiro atoms. The van der Waals surface area contributed by atoms with E-state index in [1.54, 1.807) is 18.2 Å². The number of benzene rings is 1. The van der Waals surface area contributed by atoms with Gasteiger partial charge in [-0.05, 0) is 37.0 Å². The van der Waals surface area contributed by atoms with Crippen LogP contribution < -0.4 is 5.32 Å². The number of rotatable bonds is 4. The first-order chi connectivity index (χ1) is 11.4. The molecule has 1 aliphatic carbocycles. The largest absolute Gasteiger partial charge is 0.325 e. The number of halogens is 2. The second-order valence-corrected chi connectivity index (χ2v) is 8.41. The fourth-order valence-electron chi connectivity index (χ4n) is 3.53. The van der Waals surface area contributed by atoms with E-state index in [1.807, 2.05) is 0 Å². The zero-order valence-corrected chi connectivity index (χ0v) is 15.8. The molecule has 1 saturated heterocycles. The molecule has 24 heavy (non-hydrogen) atoms. The van der Waals surface area contributed by atoms with Crippen molar-refractivity contribution in [3.05, 3.63) is 28.2 Å². The normalized spacial score (nSPS) is 27.0. The smallest absolute Gasteiger partial charge is 0.323 e. The van der Waals surface area contributed by atoms with Crippen LogP contribution in [0.25, 0.3) is 0 Å². The number of nitrogens with zero attached hydrogens (tertiary/aromatic N) is 1. The highest BCUT2D eigenvalue weighted by Crippen LogP contribution is 2.38. The molecule has 3 amide bonds. The van der Waals surface area contributed by atoms with Crippen LogP contribution in [0.4, 0.5) is 4.79 Å². The summed E-state index contributed by atoms with van der Waals surface area (Å²) in [4.78, 5) is 27.4. The van der Waals surface area contributed by atoms with Crippen molar-refractivity contribution in [3.63, 3.8) is 0 Å². The third-order valence-electron chi connectivity index (χ3n) is 4.97. The molecule has 1 aromatic carbocycles. The van der Waals surface area contributed by atoms with Crippen molar-refractivity contribution >= 4 is 46.9 Å². The van der Waals surface area contributed by atoms with Crippen molar-refractivity contribution in [1.29, 1.82) is 0 Å². The van der Waals surface area contributed by atoms with Gasteiger partial charge < -0.3 is 5.32 Å². The average molecular weight is 387 g/mol. The Bertz CT molecular complexity index is 670. The molecule has 2 atom stereocenters. The minimum absolute atomic E-state index is 0.0718. The molecule has 1 saturated carbocycles. The highest BCUT2D eigenvalue weighted by Gasteiger charge is 2.54. The SMILES string of the molecule is C[C@@H]1CCCC[C@]12NC(=O)N(CCSc1cc(Cl)ccc1Cl)C2=O. The van der Waals surface area contributed by atoms with Crippen LogP contribution in [0.1, 0.15) is 32.6 Å². The van der Waals surface area contributed by atoms with Gasteiger partial charge in [0.15, 0.2) is 0 Å². The minimum Gasteiger partial charge on any atom is -0.323 e. The van der Waals surface area contributed by atoms with Crippen LogP contribution in [0.5, 0.6) is 0 Å². The van der Waals surface area contributed by atoms with Gasteiger partial charge >= 0.3 is 6.03 Å². The Morgan fingerprint density at radius 1 is 1.33 bits per heavy atom. The molecule has 130 valence electrons. The van der Waals surface area contributed by atoms with E-state index in [1.165, 1.54) is 16.7 Å². The molecule has 0 aromatic heterocycles. The number of hydrogen-bond donors (Lipinski definition) is 1. The standard InChI is InChI=1S/C17H20Cl2N2O2S/c1-11-4-2-3-7-17(11)15(22)21(16(23)20-17)8-9-24-14-10-12(18)5-6-13(14)19/h5-6,10-11H,2-4,7-9H2,1H3,(H,20,23)/t11-,17+/m1/s1. The van der Waals surface area contributed by atoms with Crippen molar-refractivity contribution in [2.75, 3.05) is 12.3 Å². The molecular weight excluding hydrogens is 367 g/mol. The predicted molar refractivity (Wildman–Crippen MR) is 97.8 cm³/mol. The van der Waals surface area contributed by atoms with Crippen LogP contribution in [0.3, 0.4) is 0 Å². The van der Waals surface area contributed by atoms with E-state index in [0.29, 0.717) is 22.3 Å². The van der Waals surface area contributed by atoms with E-state index in [0.717, 1.165) is 30.6 Å². The van der Waals surface area contributed by atoms with Gasteiger partial charge in [0.05, 0.1) is 5.02 Å². The molecule has 1 aromatic rings. The second kappa shape index (κ2) is 7.14. The van der Waals surface area contributed by atoms with E-state index < -0.39 is 5.54 Å². The van der Waals surface area contributed by atoms with Crippen molar-refractivity contribution in [2.45, 2.75) is 43.0 Å². The first-order valence-electron chi connectivity index (χ1n) is 8.16. The van der Waals surface area contributed by atoms with E-state index in [9.17, 15) is 9.59 Å². The molecule has 1 heterocycles. The van der Waals surface area contributed by atoms with E-state index in [4.69, 9.17) is 23.2 Å². The molecule has 2 aliphatic rings. The molecule has 1 aliphatic heterocycles. The fraction of sp³-hybridized carbons (Fsp3) is 0.529. The van der Waals surface area contributed by atoms with Crippen LogP contribution in [0.15, 0.2) is 23.1 Å². The van der Waals surface area contributed by atoms with Crippen LogP contribution in [0, 0.1) is 5.92 Å². The van der Waals surface area contributed by atoms with Crippen LogP contribution in [0.2, 0.25) is 10.0 Å². The van der Waals surface area contributed by atoms with Crippen LogP contribution in [-0.2, 0) is 4.79 Å². The second-order valence-electron chi connectivity index (χ2n) is 6.43. The summed E-state index contributed by atoms with van der Waals surface area (Å²) in [5.41, 5.74) is -0.687. The van der Waals surface area contributed by atoms with Crippen molar-refractivity contribution < 1.29 is 9.59 Å². The van der Waals surface area contributed by atoms with Gasteiger partial charge in [-0.25, -0.2) is 4.79 Å². The summed E-state index contributed by atoms with van der Waals surface area (Å²) in [7, 11) is 0. The predicted octanol–water partition coefficient (Wildman–Crippen LogP) is 4.59. The lowest BCUT2D eigenvalue weighted by molar-refractivity contribution is -0.134. The summed E-state index contributed by atoms with van der Waals surface area (Å²) in [6.45, 7) is 2.42. The van der Waals surface area contributed by atoms with Gasteiger partial charge in [-0.15, -0.1) is 11.8 Å². The third kappa shape index (κ3) is 3.26. The van der Waals surface area contributed by atoms with Crippen molar-refractivity contribution in [1.82, 2.24) is 10.2 Å². The maximum Gasteiger partial charge on any atom is 0.325 e. The summed E-state index contributed by atoms with van der Waals surface area (Å²) < 4.78 is 0. The number of thioether (sulfide) groups is 1. The molecule has 1 N–H and O–H groups in total. The summed E-state index contributed by atoms with van der Waals surface area (Å²) in [6, 6.07) is 5.01. The summed E-state index contributed by atoms with van der Waals surface area (Å²) in [5, 5.41) is 4.21. The topological polar surface area (TPSA) is 49.4 Å². The summed E-state index contributed by atoms with van der Waals surface area (Å²) in [6.07, 6.45) is 3.82. The van der Waals surface area contributed by atoms with Gasteiger partial charge in [0.2, 0.25) is 0 Å². The lowest BCUT2D eigenvalue weighted by Gasteiger charge is -2.36. The molecule has 0 radical (unpaired) electrons. The monoisotopic (exact) mass is 386 g/mol. The van der Waals surface area contributed by atoms with Crippen LogP contribution >= 0.6 is 35.0 Å². The number of carbonyl (C=O) groups excluding carboxylic acids is 2. The Balaban J connectivity index is 1.64. The molecular formula is C17H20Cl2N2O2S. The number of amides is 3. The average Bonchev–Trinajstić information content (AvgIpc) is 2.78. The van der Waals surface area contributed by atoms with Gasteiger partial charge in [0.1, 0.15) is 5.54 Å². The quantitative estimate of drug-likeness (QED) is 0.608. The first-order valence-corrected chi connectivity index (χ1v) is 9.90. The molecule has 0 unspecified atom stereocenters. The van der Waals surface area contributed by atoms with Gasteiger partial charge in [-0.2, -0.15) is 0 Å². The number of imide groups is 1. The Morgan fingerprint density at radius 2 is 2.12 bits per heavy atom. The Kier molecular flexibility index (Phi) is 5.33. The van der Waals surface area contributed by atoms with Gasteiger partial charge in [0.25, 0.3) is 5.91 Å². The molecule has 4 nitrogen and oxygen atoms in total. The zero-order chi connectivity index (χ0) is 17.3. The van der Waals surface area contributed by atoms with E-state index >= 15 is 0 Å². The molecule has 0 bridgehead atoms. The van der Waals surface area contributed by atoms with Crippen molar-refractivity contribution in [3.8, 4) is 0 Å². The van der Waals surface area contributed by atoms with Gasteiger partial charge in [-0.3, -0.25) is 9.69 Å². The lowest BCUT2D eigenvalue weighted by atomic mass is 9.73. The van der Waals surface area contributed by atoms with Crippen molar-refractivity contribution in [2.24, 2.45) is 5.92 Å². The van der Waals surface area contributed by atoms with Gasteiger partial charge in [-0.1, -0.05) is 43.0 Å². The first kappa shape index (κ1) is 17.9.